The lowest BCUT2D eigenvalue weighted by Crippen LogP contribution is -2.43. The molecular weight excluding hydrogens is 276 g/mol. The maximum Gasteiger partial charge on any atom is 0.316 e. The normalized spacial score (nSPS) is 14.7. The monoisotopic (exact) mass is 298 g/mol. The van der Waals surface area contributed by atoms with Crippen LogP contribution in [0.5, 0.6) is 0 Å². The van der Waals surface area contributed by atoms with Crippen LogP contribution in [0.2, 0.25) is 0 Å². The number of nitrogens with zero attached hydrogens (tertiary/aromatic N) is 1. The smallest absolute Gasteiger partial charge is 0.316 e. The average molecular weight is 298 g/mol. The molecule has 6 heteroatoms. The molecule has 0 aliphatic heterocycles. The number of rotatable bonds is 5. The molecule has 1 aromatic rings. The van der Waals surface area contributed by atoms with Crippen molar-refractivity contribution in [1.29, 1.82) is 0 Å². The number of hydrogen-bond donors (Lipinski definition) is 2. The second-order valence-corrected chi connectivity index (χ2v) is 7.03. The Morgan fingerprint density at radius 2 is 2.05 bits per heavy atom. The number of amides is 1. The summed E-state index contributed by atoms with van der Waals surface area (Å²) in [5, 5.41) is 12.8. The van der Waals surface area contributed by atoms with Crippen molar-refractivity contribution in [2.75, 3.05) is 0 Å². The minimum Gasteiger partial charge on any atom is -0.481 e. The van der Waals surface area contributed by atoms with Gasteiger partial charge in [0.2, 0.25) is 5.91 Å². The lowest BCUT2D eigenvalue weighted by molar-refractivity contribution is -0.151. The molecule has 1 amide bonds. The van der Waals surface area contributed by atoms with Crippen LogP contribution in [0.3, 0.4) is 0 Å². The van der Waals surface area contributed by atoms with Crippen LogP contribution in [-0.4, -0.2) is 22.0 Å². The summed E-state index contributed by atoms with van der Waals surface area (Å²) in [5.74, 6) is -2.64. The number of carboxylic acid groups (broad SMARTS) is 1. The van der Waals surface area contributed by atoms with Gasteiger partial charge >= 0.3 is 5.97 Å². The quantitative estimate of drug-likeness (QED) is 0.819. The van der Waals surface area contributed by atoms with E-state index in [1.54, 1.807) is 27.0 Å². The van der Waals surface area contributed by atoms with Crippen molar-refractivity contribution in [1.82, 2.24) is 10.3 Å². The molecule has 0 bridgehead atoms. The third-order valence-corrected chi connectivity index (χ3v) is 4.35. The number of aromatic nitrogens is 1. The summed E-state index contributed by atoms with van der Waals surface area (Å²) in [6.07, 6.45) is 2.69. The Kier molecular flexibility index (Phi) is 5.28. The molecular formula is C14H22N2O3S. The van der Waals surface area contributed by atoms with Crippen LogP contribution in [0, 0.1) is 11.3 Å². The van der Waals surface area contributed by atoms with Gasteiger partial charge in [-0.2, -0.15) is 0 Å². The van der Waals surface area contributed by atoms with Crippen LogP contribution in [-0.2, 0) is 16.0 Å². The summed E-state index contributed by atoms with van der Waals surface area (Å²) in [6, 6.07) is -0.281. The first kappa shape index (κ1) is 16.6. The highest BCUT2D eigenvalue weighted by molar-refractivity contribution is 7.11. The van der Waals surface area contributed by atoms with Crippen molar-refractivity contribution < 1.29 is 14.7 Å². The van der Waals surface area contributed by atoms with Gasteiger partial charge in [0.1, 0.15) is 10.9 Å². The first-order valence-corrected chi connectivity index (χ1v) is 7.46. The van der Waals surface area contributed by atoms with Gasteiger partial charge in [0, 0.05) is 11.1 Å². The van der Waals surface area contributed by atoms with Crippen molar-refractivity contribution in [3.05, 3.63) is 16.1 Å². The molecule has 2 unspecified atom stereocenters. The van der Waals surface area contributed by atoms with Gasteiger partial charge in [-0.3, -0.25) is 9.59 Å². The fourth-order valence-corrected chi connectivity index (χ4v) is 2.78. The van der Waals surface area contributed by atoms with Crippen LogP contribution in [0.1, 0.15) is 50.5 Å². The molecule has 1 aromatic heterocycles. The van der Waals surface area contributed by atoms with Crippen LogP contribution < -0.4 is 5.32 Å². The molecule has 0 aliphatic rings. The van der Waals surface area contributed by atoms with Crippen LogP contribution in [0.4, 0.5) is 0 Å². The van der Waals surface area contributed by atoms with E-state index in [9.17, 15) is 14.7 Å². The van der Waals surface area contributed by atoms with E-state index in [1.165, 1.54) is 11.3 Å². The highest BCUT2D eigenvalue weighted by atomic mass is 32.1. The number of thiazole rings is 1. The summed E-state index contributed by atoms with van der Waals surface area (Å²) in [7, 11) is 0. The fraction of sp³-hybridized carbons (Fsp3) is 0.643. The van der Waals surface area contributed by atoms with Crippen LogP contribution >= 0.6 is 11.3 Å². The summed E-state index contributed by atoms with van der Waals surface area (Å²) < 4.78 is 0. The second kappa shape index (κ2) is 6.35. The van der Waals surface area contributed by atoms with Crippen molar-refractivity contribution in [3.8, 4) is 0 Å². The van der Waals surface area contributed by atoms with Crippen LogP contribution in [0.15, 0.2) is 6.20 Å². The largest absolute Gasteiger partial charge is 0.481 e. The highest BCUT2D eigenvalue weighted by Crippen LogP contribution is 2.28. The predicted molar refractivity (Wildman–Crippen MR) is 78.6 cm³/mol. The van der Waals surface area contributed by atoms with Crippen molar-refractivity contribution in [2.45, 2.75) is 47.1 Å². The molecule has 0 spiro atoms. The second-order valence-electron chi connectivity index (χ2n) is 5.89. The molecule has 0 radical (unpaired) electrons. The standard InChI is InChI=1S/C14H22N2O3S/c1-6-9-7-15-12(20-9)8(2)16-11(17)10(13(18)19)14(3,4)5/h7-8,10H,6H2,1-5H3,(H,16,17)(H,18,19). The molecule has 1 rings (SSSR count). The molecule has 112 valence electrons. The molecule has 0 aromatic carbocycles. The Bertz CT molecular complexity index is 491. The van der Waals surface area contributed by atoms with E-state index in [1.807, 2.05) is 13.8 Å². The molecule has 0 fully saturated rings. The number of nitrogens with one attached hydrogen (secondary N) is 1. The van der Waals surface area contributed by atoms with Crippen molar-refractivity contribution >= 4 is 23.2 Å². The third-order valence-electron chi connectivity index (χ3n) is 3.02. The minimum absolute atomic E-state index is 0.281. The molecule has 0 saturated heterocycles. The fourth-order valence-electron chi connectivity index (χ4n) is 1.92. The predicted octanol–water partition coefficient (Wildman–Crippen LogP) is 2.63. The number of carboxylic acids is 1. The lowest BCUT2D eigenvalue weighted by atomic mass is 9.80. The SMILES string of the molecule is CCc1cnc(C(C)NC(=O)C(C(=O)O)C(C)(C)C)s1. The summed E-state index contributed by atoms with van der Waals surface area (Å²) in [6.45, 7) is 9.09. The van der Waals surface area contributed by atoms with E-state index in [0.717, 1.165) is 16.3 Å². The van der Waals surface area contributed by atoms with E-state index >= 15 is 0 Å². The molecule has 5 nitrogen and oxygen atoms in total. The van der Waals surface area contributed by atoms with Gasteiger partial charge in [0.25, 0.3) is 0 Å². The number of aryl methyl sites for hydroxylation is 1. The molecule has 20 heavy (non-hydrogen) atoms. The number of aliphatic carboxylic acids is 1. The molecule has 0 aliphatic carbocycles. The topological polar surface area (TPSA) is 79.3 Å². The maximum atomic E-state index is 12.2. The van der Waals surface area contributed by atoms with Gasteiger partial charge in [-0.05, 0) is 18.8 Å². The highest BCUT2D eigenvalue weighted by Gasteiger charge is 2.38. The number of hydrogen-bond acceptors (Lipinski definition) is 4. The van der Waals surface area contributed by atoms with E-state index in [-0.39, 0.29) is 6.04 Å². The van der Waals surface area contributed by atoms with Crippen molar-refractivity contribution in [3.63, 3.8) is 0 Å². The zero-order valence-corrected chi connectivity index (χ0v) is 13.4. The summed E-state index contributed by atoms with van der Waals surface area (Å²) >= 11 is 1.54. The van der Waals surface area contributed by atoms with E-state index in [4.69, 9.17) is 0 Å². The zero-order chi connectivity index (χ0) is 15.5. The van der Waals surface area contributed by atoms with Gasteiger partial charge in [-0.25, -0.2) is 4.98 Å². The van der Waals surface area contributed by atoms with Gasteiger partial charge < -0.3 is 10.4 Å². The molecule has 2 N–H and O–H groups in total. The Labute approximate surface area is 123 Å². The number of carbonyl (C=O) groups is 2. The third kappa shape index (κ3) is 4.03. The van der Waals surface area contributed by atoms with Crippen LogP contribution in [0.25, 0.3) is 0 Å². The minimum atomic E-state index is -1.10. The van der Waals surface area contributed by atoms with Gasteiger partial charge in [-0.15, -0.1) is 11.3 Å². The first-order chi connectivity index (χ1) is 9.16. The molecule has 1 heterocycles. The zero-order valence-electron chi connectivity index (χ0n) is 12.6. The van der Waals surface area contributed by atoms with Gasteiger partial charge in [0.05, 0.1) is 6.04 Å². The Balaban J connectivity index is 2.80. The maximum absolute atomic E-state index is 12.2. The first-order valence-electron chi connectivity index (χ1n) is 6.64. The summed E-state index contributed by atoms with van der Waals surface area (Å²) in [5.41, 5.74) is -0.632. The van der Waals surface area contributed by atoms with Gasteiger partial charge in [-0.1, -0.05) is 27.7 Å². The van der Waals surface area contributed by atoms with E-state index in [2.05, 4.69) is 10.3 Å². The van der Waals surface area contributed by atoms with E-state index in [0.29, 0.717) is 0 Å². The Morgan fingerprint density at radius 3 is 2.45 bits per heavy atom. The average Bonchev–Trinajstić information content (AvgIpc) is 2.74. The lowest BCUT2D eigenvalue weighted by Gasteiger charge is -2.27. The summed E-state index contributed by atoms with van der Waals surface area (Å²) in [4.78, 5) is 28.9. The van der Waals surface area contributed by atoms with E-state index < -0.39 is 23.2 Å². The molecule has 0 saturated carbocycles. The number of carbonyl (C=O) groups excluding carboxylic acids is 1. The van der Waals surface area contributed by atoms with Crippen molar-refractivity contribution in [2.24, 2.45) is 11.3 Å². The van der Waals surface area contributed by atoms with Gasteiger partial charge in [0.15, 0.2) is 0 Å². The Morgan fingerprint density at radius 1 is 1.45 bits per heavy atom. The molecule has 2 atom stereocenters. The Hall–Kier alpha value is -1.43.